The number of nitrogens with one attached hydrogen (secondary N) is 1. The lowest BCUT2D eigenvalue weighted by Gasteiger charge is -2.06. The van der Waals surface area contributed by atoms with Crippen LogP contribution in [0.4, 0.5) is 5.69 Å². The summed E-state index contributed by atoms with van der Waals surface area (Å²) in [5.74, 6) is 2.36. The smallest absolute Gasteiger partial charge is 0.234 e. The molecular formula is C20H19BrN2O2S. The number of halogens is 1. The predicted molar refractivity (Wildman–Crippen MR) is 110 cm³/mol. The van der Waals surface area contributed by atoms with Crippen molar-refractivity contribution in [1.82, 2.24) is 4.98 Å². The third-order valence-electron chi connectivity index (χ3n) is 3.78. The van der Waals surface area contributed by atoms with Gasteiger partial charge >= 0.3 is 0 Å². The van der Waals surface area contributed by atoms with Crippen molar-refractivity contribution in [2.45, 2.75) is 19.6 Å². The maximum atomic E-state index is 12.1. The van der Waals surface area contributed by atoms with Gasteiger partial charge < -0.3 is 9.73 Å². The maximum Gasteiger partial charge on any atom is 0.234 e. The molecule has 134 valence electrons. The quantitative estimate of drug-likeness (QED) is 0.553. The second-order valence-corrected chi connectivity index (χ2v) is 7.75. The van der Waals surface area contributed by atoms with Crippen molar-refractivity contribution in [3.05, 3.63) is 70.0 Å². The molecule has 0 saturated carbocycles. The lowest BCUT2D eigenvalue weighted by atomic mass is 10.1. The van der Waals surface area contributed by atoms with E-state index in [4.69, 9.17) is 4.42 Å². The predicted octanol–water partition coefficient (Wildman–Crippen LogP) is 5.59. The maximum absolute atomic E-state index is 12.1. The van der Waals surface area contributed by atoms with Crippen LogP contribution in [0.3, 0.4) is 0 Å². The highest BCUT2D eigenvalue weighted by Gasteiger charge is 2.13. The van der Waals surface area contributed by atoms with Crippen molar-refractivity contribution in [1.29, 1.82) is 0 Å². The number of nitrogens with zero attached hydrogens (tertiary/aromatic N) is 1. The van der Waals surface area contributed by atoms with Gasteiger partial charge in [0.1, 0.15) is 5.76 Å². The molecule has 3 aromatic rings. The fourth-order valence-corrected chi connectivity index (χ4v) is 3.66. The molecule has 1 aromatic heterocycles. The third-order valence-corrected chi connectivity index (χ3v) is 5.41. The van der Waals surface area contributed by atoms with Crippen LogP contribution in [-0.4, -0.2) is 16.6 Å². The van der Waals surface area contributed by atoms with Crippen molar-refractivity contribution in [2.75, 3.05) is 11.1 Å². The first-order valence-corrected chi connectivity index (χ1v) is 10.1. The molecule has 1 heterocycles. The topological polar surface area (TPSA) is 55.1 Å². The molecule has 0 fully saturated rings. The van der Waals surface area contributed by atoms with Gasteiger partial charge in [-0.3, -0.25) is 4.79 Å². The number of para-hydroxylation sites is 1. The number of oxazole rings is 1. The number of aryl methyl sites for hydroxylation is 2. The summed E-state index contributed by atoms with van der Waals surface area (Å²) in [6.07, 6.45) is 0. The molecule has 0 atom stereocenters. The van der Waals surface area contributed by atoms with E-state index in [0.717, 1.165) is 32.7 Å². The molecule has 0 radical (unpaired) electrons. The Hall–Kier alpha value is -2.05. The number of anilines is 1. The van der Waals surface area contributed by atoms with Crippen LogP contribution in [0.15, 0.2) is 57.4 Å². The normalized spacial score (nSPS) is 10.7. The van der Waals surface area contributed by atoms with Gasteiger partial charge in [-0.1, -0.05) is 29.8 Å². The number of hydrogen-bond donors (Lipinski definition) is 1. The first-order valence-electron chi connectivity index (χ1n) is 8.18. The summed E-state index contributed by atoms with van der Waals surface area (Å²) in [5, 5.41) is 2.90. The molecule has 0 bridgehead atoms. The van der Waals surface area contributed by atoms with Crippen LogP contribution in [-0.2, 0) is 10.5 Å². The number of aromatic nitrogens is 1. The molecule has 0 aliphatic heterocycles. The largest absolute Gasteiger partial charge is 0.441 e. The monoisotopic (exact) mass is 430 g/mol. The first kappa shape index (κ1) is 18.7. The van der Waals surface area contributed by atoms with E-state index < -0.39 is 0 Å². The summed E-state index contributed by atoms with van der Waals surface area (Å²) in [6, 6.07) is 15.6. The zero-order valence-corrected chi connectivity index (χ0v) is 17.0. The number of carbonyl (C=O) groups excluding carboxylic acids is 1. The molecule has 26 heavy (non-hydrogen) atoms. The Morgan fingerprint density at radius 2 is 2.00 bits per heavy atom. The van der Waals surface area contributed by atoms with E-state index in [1.165, 1.54) is 11.8 Å². The van der Waals surface area contributed by atoms with Crippen LogP contribution in [0.5, 0.6) is 0 Å². The number of carbonyl (C=O) groups is 1. The van der Waals surface area contributed by atoms with Gasteiger partial charge in [-0.25, -0.2) is 4.98 Å². The number of amides is 1. The summed E-state index contributed by atoms with van der Waals surface area (Å²) in [4.78, 5) is 16.7. The van der Waals surface area contributed by atoms with Gasteiger partial charge in [0.15, 0.2) is 0 Å². The Kier molecular flexibility index (Phi) is 6.16. The molecule has 0 unspecified atom stereocenters. The van der Waals surface area contributed by atoms with E-state index in [-0.39, 0.29) is 5.91 Å². The Balaban J connectivity index is 1.57. The second-order valence-electron chi connectivity index (χ2n) is 5.91. The van der Waals surface area contributed by atoms with Crippen LogP contribution >= 0.6 is 27.7 Å². The van der Waals surface area contributed by atoms with Crippen LogP contribution < -0.4 is 5.32 Å². The molecule has 4 nitrogen and oxygen atoms in total. The standard InChI is InChI=1S/C20H19BrN2O2S/c1-13-6-5-7-15(10-13)20-23-18(14(2)25-20)11-26-12-19(24)22-17-9-4-3-8-16(17)21/h3-10H,11-12H2,1-2H3,(H,22,24). The summed E-state index contributed by atoms with van der Waals surface area (Å²) in [5.41, 5.74) is 3.78. The van der Waals surface area contributed by atoms with Gasteiger partial charge in [-0.15, -0.1) is 11.8 Å². The molecular weight excluding hydrogens is 412 g/mol. The summed E-state index contributed by atoms with van der Waals surface area (Å²) in [6.45, 7) is 3.95. The average molecular weight is 431 g/mol. The van der Waals surface area contributed by atoms with Crippen molar-refractivity contribution in [3.63, 3.8) is 0 Å². The zero-order valence-electron chi connectivity index (χ0n) is 14.6. The van der Waals surface area contributed by atoms with Crippen molar-refractivity contribution >= 4 is 39.3 Å². The van der Waals surface area contributed by atoms with E-state index in [9.17, 15) is 4.79 Å². The molecule has 0 aliphatic carbocycles. The molecule has 1 amide bonds. The van der Waals surface area contributed by atoms with Gasteiger partial charge in [0.05, 0.1) is 17.1 Å². The van der Waals surface area contributed by atoms with Crippen molar-refractivity contribution in [3.8, 4) is 11.5 Å². The minimum absolute atomic E-state index is 0.0399. The molecule has 0 aliphatic rings. The number of thioether (sulfide) groups is 1. The van der Waals surface area contributed by atoms with E-state index in [0.29, 0.717) is 17.4 Å². The van der Waals surface area contributed by atoms with E-state index in [1.54, 1.807) is 0 Å². The molecule has 6 heteroatoms. The number of rotatable bonds is 6. The fourth-order valence-electron chi connectivity index (χ4n) is 2.45. The number of benzene rings is 2. The van der Waals surface area contributed by atoms with Crippen molar-refractivity contribution < 1.29 is 9.21 Å². The fraction of sp³-hybridized carbons (Fsp3) is 0.200. The first-order chi connectivity index (χ1) is 12.5. The lowest BCUT2D eigenvalue weighted by molar-refractivity contribution is -0.113. The highest BCUT2D eigenvalue weighted by molar-refractivity contribution is 9.10. The Morgan fingerprint density at radius 3 is 2.77 bits per heavy atom. The van der Waals surface area contributed by atoms with E-state index in [1.807, 2.05) is 62.4 Å². The SMILES string of the molecule is Cc1cccc(-c2nc(CSCC(=O)Nc3ccccc3Br)c(C)o2)c1. The highest BCUT2D eigenvalue weighted by Crippen LogP contribution is 2.25. The van der Waals surface area contributed by atoms with Crippen molar-refractivity contribution in [2.24, 2.45) is 0 Å². The van der Waals surface area contributed by atoms with Gasteiger partial charge in [0, 0.05) is 15.8 Å². The van der Waals surface area contributed by atoms with Crippen LogP contribution in [0.25, 0.3) is 11.5 Å². The molecule has 2 aromatic carbocycles. The molecule has 0 saturated heterocycles. The van der Waals surface area contributed by atoms with Gasteiger partial charge in [-0.05, 0) is 54.0 Å². The second kappa shape index (κ2) is 8.56. The third kappa shape index (κ3) is 4.77. The van der Waals surface area contributed by atoms with E-state index in [2.05, 4.69) is 26.2 Å². The van der Waals surface area contributed by atoms with E-state index >= 15 is 0 Å². The molecule has 1 N–H and O–H groups in total. The summed E-state index contributed by atoms with van der Waals surface area (Å²) in [7, 11) is 0. The highest BCUT2D eigenvalue weighted by atomic mass is 79.9. The average Bonchev–Trinajstić information content (AvgIpc) is 2.98. The summed E-state index contributed by atoms with van der Waals surface area (Å²) < 4.78 is 6.66. The lowest BCUT2D eigenvalue weighted by Crippen LogP contribution is -2.14. The minimum Gasteiger partial charge on any atom is -0.441 e. The zero-order chi connectivity index (χ0) is 18.5. The summed E-state index contributed by atoms with van der Waals surface area (Å²) >= 11 is 4.94. The molecule has 3 rings (SSSR count). The molecule has 0 spiro atoms. The van der Waals surface area contributed by atoms with Gasteiger partial charge in [0.25, 0.3) is 0 Å². The van der Waals surface area contributed by atoms with Gasteiger partial charge in [-0.2, -0.15) is 0 Å². The Morgan fingerprint density at radius 1 is 1.19 bits per heavy atom. The van der Waals surface area contributed by atoms with Gasteiger partial charge in [0.2, 0.25) is 11.8 Å². The Bertz CT molecular complexity index is 924. The van der Waals surface area contributed by atoms with Crippen LogP contribution in [0.2, 0.25) is 0 Å². The van der Waals surface area contributed by atoms with Crippen LogP contribution in [0, 0.1) is 13.8 Å². The minimum atomic E-state index is -0.0399. The van der Waals surface area contributed by atoms with Crippen LogP contribution in [0.1, 0.15) is 17.0 Å². The Labute approximate surface area is 165 Å². The number of hydrogen-bond acceptors (Lipinski definition) is 4.